The molecule has 0 radical (unpaired) electrons. The van der Waals surface area contributed by atoms with Gasteiger partial charge in [0.25, 0.3) is 0 Å². The van der Waals surface area contributed by atoms with Crippen molar-refractivity contribution in [2.45, 2.75) is 44.9 Å². The number of amides is 1. The fraction of sp³-hybridized carbons (Fsp3) is 0.522. The number of aliphatic hydroxyl groups excluding tert-OH is 1. The van der Waals surface area contributed by atoms with E-state index in [2.05, 4.69) is 15.3 Å². The van der Waals surface area contributed by atoms with Crippen LogP contribution in [0.5, 0.6) is 0 Å². The Kier molecular flexibility index (Phi) is 6.08. The van der Waals surface area contributed by atoms with Gasteiger partial charge in [0.15, 0.2) is 11.6 Å². The molecular formula is C23H31FN6O2. The summed E-state index contributed by atoms with van der Waals surface area (Å²) in [5.74, 6) is -1.55. The maximum absolute atomic E-state index is 15.4. The molecule has 9 heteroatoms. The minimum absolute atomic E-state index is 0.0359. The van der Waals surface area contributed by atoms with Gasteiger partial charge in [-0.3, -0.25) is 9.69 Å². The minimum Gasteiger partial charge on any atom is -0.391 e. The highest BCUT2D eigenvalue weighted by molar-refractivity contribution is 5.75. The number of carbonyl (C=O) groups is 1. The van der Waals surface area contributed by atoms with Crippen molar-refractivity contribution in [2.24, 2.45) is 11.7 Å². The van der Waals surface area contributed by atoms with Crippen LogP contribution in [0.3, 0.4) is 0 Å². The van der Waals surface area contributed by atoms with Crippen LogP contribution in [0.1, 0.15) is 33.1 Å². The summed E-state index contributed by atoms with van der Waals surface area (Å²) in [5.41, 5.74) is 7.39. The highest BCUT2D eigenvalue weighted by Crippen LogP contribution is 2.34. The van der Waals surface area contributed by atoms with Crippen LogP contribution in [-0.2, 0) is 11.3 Å². The van der Waals surface area contributed by atoms with Crippen LogP contribution in [-0.4, -0.2) is 64.2 Å². The average Bonchev–Trinajstić information content (AvgIpc) is 3.64. The first-order valence-electron chi connectivity index (χ1n) is 12.0. The largest absolute Gasteiger partial charge is 0.391 e. The Morgan fingerprint density at radius 3 is 2.75 bits per heavy atom. The van der Waals surface area contributed by atoms with E-state index < -0.39 is 24.3 Å². The molecule has 4 N–H and O–H groups in total. The number of aromatic nitrogens is 2. The molecule has 2 unspecified atom stereocenters. The first-order valence-corrected chi connectivity index (χ1v) is 11.0. The lowest BCUT2D eigenvalue weighted by Crippen LogP contribution is -2.48. The van der Waals surface area contributed by atoms with Crippen molar-refractivity contribution in [3.8, 4) is 0 Å². The fourth-order valence-corrected chi connectivity index (χ4v) is 4.04. The number of nitrogens with zero attached hydrogens (tertiary/aromatic N) is 4. The van der Waals surface area contributed by atoms with E-state index in [9.17, 15) is 9.90 Å². The number of likely N-dealkylation sites (tertiary alicyclic amines) is 1. The van der Waals surface area contributed by atoms with E-state index in [1.54, 1.807) is 0 Å². The molecule has 1 aliphatic carbocycles. The molecule has 1 aromatic carbocycles. The van der Waals surface area contributed by atoms with Gasteiger partial charge < -0.3 is 21.1 Å². The van der Waals surface area contributed by atoms with Gasteiger partial charge in [-0.2, -0.15) is 4.39 Å². The Morgan fingerprint density at radius 1 is 1.34 bits per heavy atom. The van der Waals surface area contributed by atoms with Crippen molar-refractivity contribution in [3.63, 3.8) is 0 Å². The number of piperidine rings is 1. The van der Waals surface area contributed by atoms with Gasteiger partial charge in [0.1, 0.15) is 6.33 Å². The van der Waals surface area contributed by atoms with Gasteiger partial charge in [-0.25, -0.2) is 9.97 Å². The molecule has 172 valence electrons. The number of benzene rings is 1. The number of anilines is 2. The molecule has 32 heavy (non-hydrogen) atoms. The third kappa shape index (κ3) is 5.52. The Balaban J connectivity index is 1.42. The number of nitrogens with one attached hydrogen (secondary N) is 1. The molecule has 1 aliphatic heterocycles. The third-order valence-electron chi connectivity index (χ3n) is 6.03. The fourth-order valence-electron chi connectivity index (χ4n) is 4.04. The average molecular weight is 445 g/mol. The molecule has 1 amide bonds. The molecule has 2 heterocycles. The van der Waals surface area contributed by atoms with Gasteiger partial charge >= 0.3 is 0 Å². The standard InChI is InChI=1S/C23H31FN6O2/c1-15-2-4-16(5-3-15)11-30(18-6-7-18)23-21(24)22(27-14-28-23)26-10-17-8-9-29(12-19(17)31)13-20(25)32/h2-5,14,17-19,31H,6-13H2,1H3,(H2,25,32)(H,26,27,28)/i13D2. The van der Waals surface area contributed by atoms with Crippen LogP contribution in [0.15, 0.2) is 30.6 Å². The number of hydrogen-bond donors (Lipinski definition) is 3. The van der Waals surface area contributed by atoms with E-state index >= 15 is 4.39 Å². The Hall–Kier alpha value is -2.78. The van der Waals surface area contributed by atoms with Gasteiger partial charge in [0.05, 0.1) is 15.3 Å². The summed E-state index contributed by atoms with van der Waals surface area (Å²) < 4.78 is 31.1. The molecular weight excluding hydrogens is 411 g/mol. The minimum atomic E-state index is -2.32. The number of aliphatic hydroxyl groups is 1. The number of hydrogen-bond acceptors (Lipinski definition) is 7. The van der Waals surface area contributed by atoms with Crippen molar-refractivity contribution >= 4 is 17.5 Å². The Labute approximate surface area is 190 Å². The number of halogens is 1. The second kappa shape index (κ2) is 9.79. The summed E-state index contributed by atoms with van der Waals surface area (Å²) in [7, 11) is 0. The van der Waals surface area contributed by atoms with Crippen molar-refractivity contribution in [3.05, 3.63) is 47.5 Å². The van der Waals surface area contributed by atoms with E-state index in [4.69, 9.17) is 8.48 Å². The summed E-state index contributed by atoms with van der Waals surface area (Å²) in [6.07, 6.45) is 2.83. The summed E-state index contributed by atoms with van der Waals surface area (Å²) in [5, 5.41) is 13.5. The summed E-state index contributed by atoms with van der Waals surface area (Å²) >= 11 is 0. The monoisotopic (exact) mass is 444 g/mol. The van der Waals surface area contributed by atoms with Crippen molar-refractivity contribution in [1.82, 2.24) is 14.9 Å². The number of rotatable bonds is 9. The lowest BCUT2D eigenvalue weighted by Gasteiger charge is -2.35. The lowest BCUT2D eigenvalue weighted by molar-refractivity contribution is -0.120. The van der Waals surface area contributed by atoms with Gasteiger partial charge in [-0.1, -0.05) is 29.8 Å². The van der Waals surface area contributed by atoms with Crippen LogP contribution in [0.2, 0.25) is 0 Å². The molecule has 1 saturated heterocycles. The number of nitrogens with two attached hydrogens (primary N) is 1. The zero-order valence-corrected chi connectivity index (χ0v) is 18.2. The molecule has 2 aromatic rings. The van der Waals surface area contributed by atoms with Crippen LogP contribution < -0.4 is 16.0 Å². The molecule has 4 rings (SSSR count). The zero-order valence-electron chi connectivity index (χ0n) is 20.2. The van der Waals surface area contributed by atoms with Crippen molar-refractivity contribution in [2.75, 3.05) is 36.3 Å². The molecule has 2 fully saturated rings. The highest BCUT2D eigenvalue weighted by Gasteiger charge is 2.33. The van der Waals surface area contributed by atoms with Gasteiger partial charge in [-0.05, 0) is 38.3 Å². The third-order valence-corrected chi connectivity index (χ3v) is 6.03. The molecule has 2 atom stereocenters. The molecule has 8 nitrogen and oxygen atoms in total. The first-order chi connectivity index (χ1) is 16.2. The molecule has 0 spiro atoms. The molecule has 1 saturated carbocycles. The normalized spacial score (nSPS) is 22.7. The Morgan fingerprint density at radius 2 is 2.09 bits per heavy atom. The zero-order chi connectivity index (χ0) is 24.5. The van der Waals surface area contributed by atoms with Crippen LogP contribution >= 0.6 is 0 Å². The van der Waals surface area contributed by atoms with E-state index in [0.717, 1.165) is 18.4 Å². The van der Waals surface area contributed by atoms with E-state index in [1.807, 2.05) is 36.1 Å². The maximum Gasteiger partial charge on any atom is 0.231 e. The first kappa shape index (κ1) is 19.9. The van der Waals surface area contributed by atoms with E-state index in [-0.39, 0.29) is 43.2 Å². The second-order valence-corrected chi connectivity index (χ2v) is 8.62. The predicted molar refractivity (Wildman–Crippen MR) is 121 cm³/mol. The van der Waals surface area contributed by atoms with Gasteiger partial charge in [0, 0.05) is 31.6 Å². The van der Waals surface area contributed by atoms with Crippen molar-refractivity contribution in [1.29, 1.82) is 0 Å². The summed E-state index contributed by atoms with van der Waals surface area (Å²) in [4.78, 5) is 22.9. The molecule has 2 aliphatic rings. The lowest BCUT2D eigenvalue weighted by atomic mass is 9.93. The van der Waals surface area contributed by atoms with Crippen LogP contribution in [0.4, 0.5) is 16.0 Å². The SMILES string of the molecule is [2H]C([2H])(C(N)=O)N1CCC(CNc2ncnc(N(Cc3ccc(C)cc3)C3CC3)c2F)C(O)C1. The predicted octanol–water partition coefficient (Wildman–Crippen LogP) is 1.67. The number of aryl methyl sites for hydroxylation is 1. The smallest absolute Gasteiger partial charge is 0.231 e. The van der Waals surface area contributed by atoms with Crippen molar-refractivity contribution < 1.29 is 17.0 Å². The van der Waals surface area contributed by atoms with E-state index in [0.29, 0.717) is 13.0 Å². The van der Waals surface area contributed by atoms with Gasteiger partial charge in [-0.15, -0.1) is 0 Å². The summed E-state index contributed by atoms with van der Waals surface area (Å²) in [6.45, 7) is 0.727. The van der Waals surface area contributed by atoms with Crippen LogP contribution in [0, 0.1) is 18.7 Å². The quantitative estimate of drug-likeness (QED) is 0.540. The molecule has 1 aromatic heterocycles. The number of carbonyl (C=O) groups excluding carboxylic acids is 1. The topological polar surface area (TPSA) is 108 Å². The Bertz CT molecular complexity index is 1020. The second-order valence-electron chi connectivity index (χ2n) is 8.62. The van der Waals surface area contributed by atoms with Gasteiger partial charge in [0.2, 0.25) is 11.7 Å². The maximum atomic E-state index is 15.4. The summed E-state index contributed by atoms with van der Waals surface area (Å²) in [6, 6.07) is 8.39. The number of primary amides is 1. The molecule has 0 bridgehead atoms. The van der Waals surface area contributed by atoms with E-state index in [1.165, 1.54) is 16.8 Å². The highest BCUT2D eigenvalue weighted by atomic mass is 19.1. The number of β-amino-alcohol motifs (C(OH)–C–C–N with tert-alkyl or cyclic N) is 1. The van der Waals surface area contributed by atoms with Crippen LogP contribution in [0.25, 0.3) is 0 Å².